The maximum absolute atomic E-state index is 12.2. The lowest BCUT2D eigenvalue weighted by atomic mass is 10.1. The predicted molar refractivity (Wildman–Crippen MR) is 98.3 cm³/mol. The van der Waals surface area contributed by atoms with E-state index in [2.05, 4.69) is 53.0 Å². The van der Waals surface area contributed by atoms with Gasteiger partial charge in [-0.25, -0.2) is 4.98 Å². The first-order chi connectivity index (χ1) is 11.5. The highest BCUT2D eigenvalue weighted by molar-refractivity contribution is 6.31. The molecular weight excluding hydrogens is 322 g/mol. The van der Waals surface area contributed by atoms with Gasteiger partial charge in [-0.2, -0.15) is 0 Å². The molecule has 3 rings (SSSR count). The Bertz CT molecular complexity index is 920. The number of hydrogen-bond donors (Lipinski definition) is 1. The minimum Gasteiger partial charge on any atom is -0.309 e. The number of halogens is 1. The fraction of sp³-hybridized carbons (Fsp3) is 0.263. The van der Waals surface area contributed by atoms with Gasteiger partial charge in [0.25, 0.3) is 5.56 Å². The molecule has 1 aromatic heterocycles. The summed E-state index contributed by atoms with van der Waals surface area (Å²) >= 11 is 6.02. The Kier molecular flexibility index (Phi) is 4.97. The molecule has 0 fully saturated rings. The molecule has 0 unspecified atom stereocenters. The Labute approximate surface area is 146 Å². The summed E-state index contributed by atoms with van der Waals surface area (Å²) in [6, 6.07) is 13.6. The van der Waals surface area contributed by atoms with E-state index < -0.39 is 0 Å². The minimum atomic E-state index is -0.127. The Hall–Kier alpha value is -2.17. The molecule has 0 radical (unpaired) electrons. The molecule has 1 heterocycles. The van der Waals surface area contributed by atoms with E-state index in [1.54, 1.807) is 18.2 Å². The van der Waals surface area contributed by atoms with Crippen LogP contribution in [-0.4, -0.2) is 21.4 Å². The summed E-state index contributed by atoms with van der Waals surface area (Å²) < 4.78 is 0. The van der Waals surface area contributed by atoms with Gasteiger partial charge in [0.1, 0.15) is 5.82 Å². The maximum Gasteiger partial charge on any atom is 0.258 e. The number of rotatable bonds is 5. The molecule has 0 saturated heterocycles. The number of nitrogens with zero attached hydrogens (tertiary/aromatic N) is 2. The summed E-state index contributed by atoms with van der Waals surface area (Å²) in [7, 11) is 0. The van der Waals surface area contributed by atoms with Crippen molar-refractivity contribution < 1.29 is 0 Å². The van der Waals surface area contributed by atoms with E-state index in [0.29, 0.717) is 28.3 Å². The number of H-pyrrole nitrogens is 1. The highest BCUT2D eigenvalue weighted by Gasteiger charge is 2.09. The molecule has 0 amide bonds. The van der Waals surface area contributed by atoms with E-state index in [-0.39, 0.29) is 5.56 Å². The average molecular weight is 342 g/mol. The number of aromatic nitrogens is 2. The third-order valence-electron chi connectivity index (χ3n) is 4.03. The van der Waals surface area contributed by atoms with E-state index in [0.717, 1.165) is 13.1 Å². The van der Waals surface area contributed by atoms with Crippen molar-refractivity contribution in [2.75, 3.05) is 6.54 Å². The van der Waals surface area contributed by atoms with Gasteiger partial charge in [-0.1, -0.05) is 48.4 Å². The number of aromatic amines is 1. The normalized spacial score (nSPS) is 11.3. The topological polar surface area (TPSA) is 49.0 Å². The van der Waals surface area contributed by atoms with E-state index in [9.17, 15) is 4.79 Å². The summed E-state index contributed by atoms with van der Waals surface area (Å²) in [5, 5.41) is 1.14. The fourth-order valence-corrected chi connectivity index (χ4v) is 2.96. The molecule has 5 heteroatoms. The number of aryl methyl sites for hydroxylation is 1. The zero-order chi connectivity index (χ0) is 17.1. The van der Waals surface area contributed by atoms with E-state index in [1.165, 1.54) is 11.1 Å². The summed E-state index contributed by atoms with van der Waals surface area (Å²) in [6.07, 6.45) is 0. The van der Waals surface area contributed by atoms with E-state index >= 15 is 0 Å². The number of hydrogen-bond acceptors (Lipinski definition) is 3. The van der Waals surface area contributed by atoms with Crippen LogP contribution in [0.25, 0.3) is 10.9 Å². The molecule has 0 aliphatic rings. The SMILES string of the molecule is CCN(Cc1cccc(C)c1)Cc1nc2cc(Cl)ccc2c(=O)[nH]1. The minimum absolute atomic E-state index is 0.127. The first-order valence-electron chi connectivity index (χ1n) is 8.01. The summed E-state index contributed by atoms with van der Waals surface area (Å²) in [6.45, 7) is 6.46. The average Bonchev–Trinajstić information content (AvgIpc) is 2.53. The van der Waals surface area contributed by atoms with Gasteiger partial charge in [-0.15, -0.1) is 0 Å². The smallest absolute Gasteiger partial charge is 0.258 e. The summed E-state index contributed by atoms with van der Waals surface area (Å²) in [5.41, 5.74) is 3.00. The van der Waals surface area contributed by atoms with Crippen molar-refractivity contribution in [3.8, 4) is 0 Å². The highest BCUT2D eigenvalue weighted by atomic mass is 35.5. The van der Waals surface area contributed by atoms with Crippen LogP contribution in [0.4, 0.5) is 0 Å². The lowest BCUT2D eigenvalue weighted by Crippen LogP contribution is -2.25. The van der Waals surface area contributed by atoms with Crippen molar-refractivity contribution in [1.29, 1.82) is 0 Å². The predicted octanol–water partition coefficient (Wildman–Crippen LogP) is 3.91. The Balaban J connectivity index is 1.85. The van der Waals surface area contributed by atoms with Crippen molar-refractivity contribution >= 4 is 22.5 Å². The van der Waals surface area contributed by atoms with Crippen LogP contribution in [-0.2, 0) is 13.1 Å². The monoisotopic (exact) mass is 341 g/mol. The van der Waals surface area contributed by atoms with Crippen LogP contribution in [0.1, 0.15) is 23.9 Å². The second-order valence-corrected chi connectivity index (χ2v) is 6.40. The molecule has 0 aliphatic carbocycles. The molecule has 0 atom stereocenters. The molecular formula is C19H20ClN3O. The van der Waals surface area contributed by atoms with Gasteiger partial charge < -0.3 is 4.98 Å². The number of nitrogens with one attached hydrogen (secondary N) is 1. The van der Waals surface area contributed by atoms with Gasteiger partial charge >= 0.3 is 0 Å². The Morgan fingerprint density at radius 1 is 1.17 bits per heavy atom. The van der Waals surface area contributed by atoms with Gasteiger partial charge in [0.15, 0.2) is 0 Å². The first-order valence-corrected chi connectivity index (χ1v) is 8.39. The summed E-state index contributed by atoms with van der Waals surface area (Å²) in [4.78, 5) is 21.9. The molecule has 0 spiro atoms. The van der Waals surface area contributed by atoms with Crippen LogP contribution in [0.3, 0.4) is 0 Å². The van der Waals surface area contributed by atoms with Gasteiger partial charge in [-0.05, 0) is 37.2 Å². The van der Waals surface area contributed by atoms with Crippen LogP contribution in [0.15, 0.2) is 47.3 Å². The highest BCUT2D eigenvalue weighted by Crippen LogP contribution is 2.15. The number of fused-ring (bicyclic) bond motifs is 1. The lowest BCUT2D eigenvalue weighted by Gasteiger charge is -2.20. The molecule has 3 aromatic rings. The quantitative estimate of drug-likeness (QED) is 0.765. The van der Waals surface area contributed by atoms with Crippen molar-refractivity contribution in [3.05, 3.63) is 74.8 Å². The van der Waals surface area contributed by atoms with Gasteiger partial charge in [-0.3, -0.25) is 9.69 Å². The van der Waals surface area contributed by atoms with Crippen molar-refractivity contribution in [3.63, 3.8) is 0 Å². The second kappa shape index (κ2) is 7.16. The van der Waals surface area contributed by atoms with Crippen molar-refractivity contribution in [2.24, 2.45) is 0 Å². The maximum atomic E-state index is 12.2. The Morgan fingerprint density at radius 2 is 2.00 bits per heavy atom. The van der Waals surface area contributed by atoms with Crippen molar-refractivity contribution in [2.45, 2.75) is 26.9 Å². The van der Waals surface area contributed by atoms with Crippen molar-refractivity contribution in [1.82, 2.24) is 14.9 Å². The number of benzene rings is 2. The molecule has 0 saturated carbocycles. The molecule has 0 bridgehead atoms. The second-order valence-electron chi connectivity index (χ2n) is 5.97. The largest absolute Gasteiger partial charge is 0.309 e. The molecule has 4 nitrogen and oxygen atoms in total. The van der Waals surface area contributed by atoms with Gasteiger partial charge in [0.05, 0.1) is 17.4 Å². The molecule has 1 N–H and O–H groups in total. The van der Waals surface area contributed by atoms with E-state index in [4.69, 9.17) is 11.6 Å². The molecule has 24 heavy (non-hydrogen) atoms. The van der Waals surface area contributed by atoms with Crippen LogP contribution < -0.4 is 5.56 Å². The first kappa shape index (κ1) is 16.7. The Morgan fingerprint density at radius 3 is 2.75 bits per heavy atom. The lowest BCUT2D eigenvalue weighted by molar-refractivity contribution is 0.264. The summed E-state index contributed by atoms with van der Waals surface area (Å²) in [5.74, 6) is 0.657. The molecule has 2 aromatic carbocycles. The van der Waals surface area contributed by atoms with Crippen LogP contribution in [0, 0.1) is 6.92 Å². The molecule has 0 aliphatic heterocycles. The fourth-order valence-electron chi connectivity index (χ4n) is 2.80. The van der Waals surface area contributed by atoms with Gasteiger partial charge in [0, 0.05) is 11.6 Å². The van der Waals surface area contributed by atoms with Gasteiger partial charge in [0.2, 0.25) is 0 Å². The van der Waals surface area contributed by atoms with Crippen LogP contribution >= 0.6 is 11.6 Å². The third-order valence-corrected chi connectivity index (χ3v) is 4.26. The third kappa shape index (κ3) is 3.83. The zero-order valence-corrected chi connectivity index (χ0v) is 14.6. The zero-order valence-electron chi connectivity index (χ0n) is 13.8. The molecule has 124 valence electrons. The van der Waals surface area contributed by atoms with E-state index in [1.807, 2.05) is 0 Å². The van der Waals surface area contributed by atoms with Crippen LogP contribution in [0.5, 0.6) is 0 Å². The van der Waals surface area contributed by atoms with Crippen LogP contribution in [0.2, 0.25) is 5.02 Å². The standard InChI is InChI=1S/C19H20ClN3O/c1-3-23(11-14-6-4-5-13(2)9-14)12-18-21-17-10-15(20)7-8-16(17)19(24)22-18/h4-10H,3,11-12H2,1-2H3,(H,21,22,24).